The van der Waals surface area contributed by atoms with E-state index in [2.05, 4.69) is 26.2 Å². The van der Waals surface area contributed by atoms with E-state index in [1.807, 2.05) is 13.0 Å². The molecule has 0 radical (unpaired) electrons. The van der Waals surface area contributed by atoms with Gasteiger partial charge in [0.05, 0.1) is 11.7 Å². The molecule has 0 fully saturated rings. The van der Waals surface area contributed by atoms with Gasteiger partial charge < -0.3 is 11.1 Å². The average molecular weight is 258 g/mol. The maximum absolute atomic E-state index is 11.2. The summed E-state index contributed by atoms with van der Waals surface area (Å²) in [5.41, 5.74) is 6.23. The van der Waals surface area contributed by atoms with Crippen LogP contribution in [0.4, 0.5) is 5.82 Å². The molecular weight excluding hydrogens is 246 g/mol. The average Bonchev–Trinajstić information content (AvgIpc) is 2.11. The first-order valence-corrected chi connectivity index (χ1v) is 4.99. The molecular formula is C9H12BrN3O. The Morgan fingerprint density at radius 1 is 1.64 bits per heavy atom. The van der Waals surface area contributed by atoms with Gasteiger partial charge in [0.2, 0.25) is 5.91 Å². The summed E-state index contributed by atoms with van der Waals surface area (Å²) in [5, 5.41) is 2.61. The maximum Gasteiger partial charge on any atom is 0.242 e. The van der Waals surface area contributed by atoms with Crippen molar-refractivity contribution in [2.24, 2.45) is 5.73 Å². The van der Waals surface area contributed by atoms with Crippen molar-refractivity contribution >= 4 is 27.7 Å². The van der Waals surface area contributed by atoms with Gasteiger partial charge in [0.1, 0.15) is 5.82 Å². The summed E-state index contributed by atoms with van der Waals surface area (Å²) in [6.07, 6.45) is 0. The second-order valence-electron chi connectivity index (χ2n) is 3.04. The lowest BCUT2D eigenvalue weighted by Gasteiger charge is -2.07. The van der Waals surface area contributed by atoms with Crippen LogP contribution in [0.1, 0.15) is 12.6 Å². The number of aromatic nitrogens is 1. The Bertz CT molecular complexity index is 352. The summed E-state index contributed by atoms with van der Waals surface area (Å²) in [5.74, 6) is 0.284. The number of anilines is 1. The molecule has 5 heteroatoms. The van der Waals surface area contributed by atoms with Crippen LogP contribution in [0.25, 0.3) is 0 Å². The molecule has 4 nitrogen and oxygen atoms in total. The van der Waals surface area contributed by atoms with Crippen molar-refractivity contribution in [3.63, 3.8) is 0 Å². The Balaban J connectivity index is 2.78. The number of amides is 1. The van der Waals surface area contributed by atoms with Gasteiger partial charge in [-0.15, -0.1) is 0 Å². The molecule has 0 aromatic carbocycles. The molecule has 0 saturated carbocycles. The van der Waals surface area contributed by atoms with E-state index in [0.717, 1.165) is 10.2 Å². The number of carbonyl (C=O) groups is 1. The van der Waals surface area contributed by atoms with E-state index in [-0.39, 0.29) is 5.91 Å². The van der Waals surface area contributed by atoms with E-state index in [1.54, 1.807) is 13.0 Å². The zero-order chi connectivity index (χ0) is 10.7. The molecule has 76 valence electrons. The van der Waals surface area contributed by atoms with Crippen LogP contribution in [0, 0.1) is 6.92 Å². The fraction of sp³-hybridized carbons (Fsp3) is 0.333. The fourth-order valence-corrected chi connectivity index (χ4v) is 1.07. The number of hydrogen-bond donors (Lipinski definition) is 2. The number of rotatable bonds is 2. The Kier molecular flexibility index (Phi) is 3.60. The molecule has 0 saturated heterocycles. The van der Waals surface area contributed by atoms with Crippen LogP contribution in [-0.4, -0.2) is 16.9 Å². The van der Waals surface area contributed by atoms with E-state index >= 15 is 0 Å². The minimum absolute atomic E-state index is 0.237. The summed E-state index contributed by atoms with van der Waals surface area (Å²) in [4.78, 5) is 15.4. The number of nitrogens with two attached hydrogens (primary N) is 1. The Labute approximate surface area is 91.0 Å². The van der Waals surface area contributed by atoms with Gasteiger partial charge in [0.25, 0.3) is 0 Å². The van der Waals surface area contributed by atoms with Gasteiger partial charge in [-0.1, -0.05) is 0 Å². The van der Waals surface area contributed by atoms with Crippen LogP contribution in [0.2, 0.25) is 0 Å². The van der Waals surface area contributed by atoms with Crippen LogP contribution in [0.15, 0.2) is 16.6 Å². The Morgan fingerprint density at radius 2 is 2.29 bits per heavy atom. The van der Waals surface area contributed by atoms with Crippen molar-refractivity contribution < 1.29 is 4.79 Å². The molecule has 1 aromatic heterocycles. The molecule has 14 heavy (non-hydrogen) atoms. The van der Waals surface area contributed by atoms with Crippen molar-refractivity contribution in [3.05, 3.63) is 22.3 Å². The number of pyridine rings is 1. The first kappa shape index (κ1) is 11.1. The molecule has 1 atom stereocenters. The number of carbonyl (C=O) groups excluding carboxylic acids is 1. The summed E-state index contributed by atoms with van der Waals surface area (Å²) in [6.45, 7) is 3.48. The van der Waals surface area contributed by atoms with Gasteiger partial charge in [-0.25, -0.2) is 4.98 Å². The fourth-order valence-electron chi connectivity index (χ4n) is 0.854. The predicted molar refractivity (Wildman–Crippen MR) is 59.0 cm³/mol. The van der Waals surface area contributed by atoms with E-state index in [9.17, 15) is 4.79 Å². The molecule has 1 aromatic rings. The van der Waals surface area contributed by atoms with E-state index in [0.29, 0.717) is 5.82 Å². The van der Waals surface area contributed by atoms with Crippen molar-refractivity contribution in [3.8, 4) is 0 Å². The number of aryl methyl sites for hydroxylation is 1. The first-order chi connectivity index (χ1) is 6.50. The van der Waals surface area contributed by atoms with Gasteiger partial charge in [0, 0.05) is 4.47 Å². The lowest BCUT2D eigenvalue weighted by Crippen LogP contribution is -2.32. The molecule has 0 unspecified atom stereocenters. The third-order valence-corrected chi connectivity index (χ3v) is 2.52. The molecule has 0 spiro atoms. The minimum Gasteiger partial charge on any atom is -0.320 e. The second-order valence-corrected chi connectivity index (χ2v) is 3.90. The highest BCUT2D eigenvalue weighted by Gasteiger charge is 2.08. The highest BCUT2D eigenvalue weighted by molar-refractivity contribution is 9.10. The van der Waals surface area contributed by atoms with Gasteiger partial charge in [-0.3, -0.25) is 4.79 Å². The summed E-state index contributed by atoms with van der Waals surface area (Å²) >= 11 is 3.32. The van der Waals surface area contributed by atoms with E-state index in [1.165, 1.54) is 0 Å². The normalized spacial score (nSPS) is 12.3. The number of nitrogens with one attached hydrogen (secondary N) is 1. The van der Waals surface area contributed by atoms with Gasteiger partial charge >= 0.3 is 0 Å². The minimum atomic E-state index is -0.527. The molecule has 0 bridgehead atoms. The zero-order valence-corrected chi connectivity index (χ0v) is 9.63. The highest BCUT2D eigenvalue weighted by Crippen LogP contribution is 2.16. The number of halogens is 1. The molecule has 0 aliphatic heterocycles. The first-order valence-electron chi connectivity index (χ1n) is 4.20. The largest absolute Gasteiger partial charge is 0.320 e. The molecule has 1 heterocycles. The van der Waals surface area contributed by atoms with Crippen molar-refractivity contribution in [1.82, 2.24) is 4.98 Å². The van der Waals surface area contributed by atoms with Gasteiger partial charge in [0.15, 0.2) is 0 Å². The lowest BCUT2D eigenvalue weighted by molar-refractivity contribution is -0.117. The predicted octanol–water partition coefficient (Wildman–Crippen LogP) is 1.44. The Hall–Kier alpha value is -0.940. The highest BCUT2D eigenvalue weighted by atomic mass is 79.9. The van der Waals surface area contributed by atoms with Crippen LogP contribution < -0.4 is 11.1 Å². The van der Waals surface area contributed by atoms with E-state index < -0.39 is 6.04 Å². The SMILES string of the molecule is Cc1nc(NC(=O)[C@H](C)N)ccc1Br. The lowest BCUT2D eigenvalue weighted by atomic mass is 10.3. The molecule has 1 rings (SSSR count). The maximum atomic E-state index is 11.2. The van der Waals surface area contributed by atoms with Crippen LogP contribution in [-0.2, 0) is 4.79 Å². The summed E-state index contributed by atoms with van der Waals surface area (Å²) in [7, 11) is 0. The monoisotopic (exact) mass is 257 g/mol. The van der Waals surface area contributed by atoms with E-state index in [4.69, 9.17) is 5.73 Å². The van der Waals surface area contributed by atoms with Crippen LogP contribution in [0.3, 0.4) is 0 Å². The number of nitrogens with zero attached hydrogens (tertiary/aromatic N) is 1. The third kappa shape index (κ3) is 2.78. The smallest absolute Gasteiger partial charge is 0.242 e. The second kappa shape index (κ2) is 4.52. The van der Waals surface area contributed by atoms with Gasteiger partial charge in [-0.05, 0) is 41.9 Å². The molecule has 0 aliphatic carbocycles. The van der Waals surface area contributed by atoms with Crippen molar-refractivity contribution in [1.29, 1.82) is 0 Å². The standard InChI is InChI=1S/C9H12BrN3O/c1-5(11)9(14)13-8-4-3-7(10)6(2)12-8/h3-5H,11H2,1-2H3,(H,12,13,14)/t5-/m0/s1. The summed E-state index contributed by atoms with van der Waals surface area (Å²) in [6, 6.07) is 3.02. The van der Waals surface area contributed by atoms with Gasteiger partial charge in [-0.2, -0.15) is 0 Å². The topological polar surface area (TPSA) is 68.0 Å². The zero-order valence-electron chi connectivity index (χ0n) is 8.04. The Morgan fingerprint density at radius 3 is 2.79 bits per heavy atom. The number of hydrogen-bond acceptors (Lipinski definition) is 3. The summed E-state index contributed by atoms with van der Waals surface area (Å²) < 4.78 is 0.913. The quantitative estimate of drug-likeness (QED) is 0.843. The molecule has 3 N–H and O–H groups in total. The van der Waals surface area contributed by atoms with Crippen LogP contribution in [0.5, 0.6) is 0 Å². The van der Waals surface area contributed by atoms with Crippen LogP contribution >= 0.6 is 15.9 Å². The third-order valence-electron chi connectivity index (χ3n) is 1.69. The molecule has 0 aliphatic rings. The van der Waals surface area contributed by atoms with Crippen molar-refractivity contribution in [2.75, 3.05) is 5.32 Å². The van der Waals surface area contributed by atoms with Crippen molar-refractivity contribution in [2.45, 2.75) is 19.9 Å². The molecule has 1 amide bonds.